The van der Waals surface area contributed by atoms with Crippen LogP contribution in [0.5, 0.6) is 5.75 Å². The van der Waals surface area contributed by atoms with Gasteiger partial charge in [-0.2, -0.15) is 0 Å². The van der Waals surface area contributed by atoms with E-state index >= 15 is 0 Å². The Morgan fingerprint density at radius 2 is 2.16 bits per heavy atom. The van der Waals surface area contributed by atoms with Crippen LogP contribution in [0.25, 0.3) is 10.8 Å². The van der Waals surface area contributed by atoms with Crippen molar-refractivity contribution in [3.8, 4) is 5.75 Å². The summed E-state index contributed by atoms with van der Waals surface area (Å²) in [7, 11) is 0. The number of hydrogen-bond donors (Lipinski definition) is 2. The standard InChI is InChI=1S/C16H21NO2/c1-12(2)17-10-14(18)11-19-16-9-5-7-13-6-3-4-8-15(13)16/h3-9,12,14,17-18H,10-11H2,1-2H3/i1D3,3D,4D,5D,6D,7D,8D,9D,12D. The molecule has 0 aliphatic rings. The van der Waals surface area contributed by atoms with Gasteiger partial charge in [-0.25, -0.2) is 0 Å². The Hall–Kier alpha value is -1.58. The molecule has 0 saturated heterocycles. The van der Waals surface area contributed by atoms with Crippen molar-refractivity contribution in [1.29, 1.82) is 0 Å². The third-order valence-electron chi connectivity index (χ3n) is 2.30. The van der Waals surface area contributed by atoms with Gasteiger partial charge >= 0.3 is 0 Å². The lowest BCUT2D eigenvalue weighted by Crippen LogP contribution is -2.35. The van der Waals surface area contributed by atoms with Crippen LogP contribution in [0.3, 0.4) is 0 Å². The third-order valence-corrected chi connectivity index (χ3v) is 2.30. The van der Waals surface area contributed by atoms with E-state index < -0.39 is 67.9 Å². The molecule has 2 N–H and O–H groups in total. The van der Waals surface area contributed by atoms with Crippen LogP contribution < -0.4 is 10.1 Å². The second-order valence-electron chi connectivity index (χ2n) is 3.92. The maximum absolute atomic E-state index is 10.1. The number of aliphatic hydroxyl groups excluding tert-OH is 1. The summed E-state index contributed by atoms with van der Waals surface area (Å²) in [4.78, 5) is 0. The number of fused-ring (bicyclic) bond motifs is 1. The molecule has 0 saturated carbocycles. The molecule has 2 unspecified atom stereocenters. The van der Waals surface area contributed by atoms with Gasteiger partial charge in [0.1, 0.15) is 18.5 Å². The van der Waals surface area contributed by atoms with Crippen molar-refractivity contribution in [2.24, 2.45) is 0 Å². The molecule has 2 aromatic rings. The van der Waals surface area contributed by atoms with Crippen molar-refractivity contribution in [2.75, 3.05) is 13.2 Å². The number of ether oxygens (including phenoxy) is 1. The summed E-state index contributed by atoms with van der Waals surface area (Å²) in [6.45, 7) is -2.37. The van der Waals surface area contributed by atoms with Crippen LogP contribution in [0.1, 0.15) is 28.9 Å². The van der Waals surface area contributed by atoms with E-state index in [1.54, 1.807) is 0 Å². The van der Waals surface area contributed by atoms with Gasteiger partial charge in [0.05, 0.1) is 9.60 Å². The zero-order valence-electron chi connectivity index (χ0n) is 21.3. The molecule has 0 radical (unpaired) electrons. The van der Waals surface area contributed by atoms with E-state index in [1.165, 1.54) is 0 Å². The van der Waals surface area contributed by atoms with Gasteiger partial charge < -0.3 is 15.2 Å². The van der Waals surface area contributed by atoms with Crippen molar-refractivity contribution in [2.45, 2.75) is 25.9 Å². The zero-order chi connectivity index (χ0) is 23.2. The lowest BCUT2D eigenvalue weighted by Gasteiger charge is -2.15. The number of benzene rings is 2. The van der Waals surface area contributed by atoms with Gasteiger partial charge in [-0.3, -0.25) is 0 Å². The summed E-state index contributed by atoms with van der Waals surface area (Å²) < 4.78 is 90.7. The molecule has 0 aliphatic carbocycles. The monoisotopic (exact) mass is 270 g/mol. The van der Waals surface area contributed by atoms with Gasteiger partial charge in [-0.15, -0.1) is 0 Å². The molecule has 2 atom stereocenters. The quantitative estimate of drug-likeness (QED) is 0.847. The molecule has 3 heteroatoms. The van der Waals surface area contributed by atoms with Crippen LogP contribution in [0.15, 0.2) is 42.3 Å². The second-order valence-corrected chi connectivity index (χ2v) is 3.92. The Morgan fingerprint density at radius 1 is 1.37 bits per heavy atom. The summed E-state index contributed by atoms with van der Waals surface area (Å²) >= 11 is 0. The molecule has 2 rings (SSSR count). The number of aliphatic hydroxyl groups is 1. The van der Waals surface area contributed by atoms with Gasteiger partial charge in [-0.1, -0.05) is 50.0 Å². The molecule has 0 bridgehead atoms. The van der Waals surface area contributed by atoms with E-state index in [1.807, 2.05) is 0 Å². The van der Waals surface area contributed by atoms with E-state index in [9.17, 15) is 5.11 Å². The van der Waals surface area contributed by atoms with Crippen molar-refractivity contribution in [3.63, 3.8) is 0 Å². The van der Waals surface area contributed by atoms with E-state index in [0.29, 0.717) is 0 Å². The molecule has 0 heterocycles. The van der Waals surface area contributed by atoms with Crippen LogP contribution in [0.2, 0.25) is 0 Å². The Kier molecular flexibility index (Phi) is 1.87. The molecule has 0 spiro atoms. The van der Waals surface area contributed by atoms with Crippen molar-refractivity contribution in [1.82, 2.24) is 5.32 Å². The highest BCUT2D eigenvalue weighted by atomic mass is 16.5. The first-order valence-electron chi connectivity index (χ1n) is 11.2. The molecule has 0 aliphatic heterocycles. The lowest BCUT2D eigenvalue weighted by atomic mass is 10.1. The highest BCUT2D eigenvalue weighted by Gasteiger charge is 2.07. The van der Waals surface area contributed by atoms with E-state index in [4.69, 9.17) is 19.8 Å². The predicted molar refractivity (Wildman–Crippen MR) is 78.6 cm³/mol. The van der Waals surface area contributed by atoms with Gasteiger partial charge in [0.25, 0.3) is 0 Å². The van der Waals surface area contributed by atoms with Gasteiger partial charge in [0.15, 0.2) is 0 Å². The lowest BCUT2D eigenvalue weighted by molar-refractivity contribution is 0.105. The molecular formula is C16H21NO2. The molecular weight excluding hydrogens is 238 g/mol. The zero-order valence-corrected chi connectivity index (χ0v) is 10.3. The molecule has 19 heavy (non-hydrogen) atoms. The average Bonchev–Trinajstić information content (AvgIpc) is 2.65. The highest BCUT2D eigenvalue weighted by Crippen LogP contribution is 2.25. The summed E-state index contributed by atoms with van der Waals surface area (Å²) in [5.74, 6) is -0.387. The summed E-state index contributed by atoms with van der Waals surface area (Å²) in [5, 5.41) is 12.0. The maximum Gasteiger partial charge on any atom is 0.127 e. The van der Waals surface area contributed by atoms with Crippen LogP contribution in [-0.4, -0.2) is 30.4 Å². The first-order chi connectivity index (χ1) is 13.6. The van der Waals surface area contributed by atoms with Gasteiger partial charge in [0, 0.05) is 23.4 Å². The largest absolute Gasteiger partial charge is 0.490 e. The van der Waals surface area contributed by atoms with Crippen LogP contribution in [0, 0.1) is 0 Å². The smallest absolute Gasteiger partial charge is 0.127 e. The topological polar surface area (TPSA) is 41.5 Å². The first kappa shape index (κ1) is 5.43. The Bertz CT molecular complexity index is 967. The van der Waals surface area contributed by atoms with Gasteiger partial charge in [-0.05, 0) is 11.4 Å². The van der Waals surface area contributed by atoms with E-state index in [0.717, 1.165) is 6.92 Å². The predicted octanol–water partition coefficient (Wildman–Crippen LogP) is 2.58. The van der Waals surface area contributed by atoms with Crippen LogP contribution >= 0.6 is 0 Å². The fourth-order valence-electron chi connectivity index (χ4n) is 1.41. The second kappa shape index (κ2) is 6.55. The molecule has 0 amide bonds. The van der Waals surface area contributed by atoms with Crippen LogP contribution in [0.4, 0.5) is 0 Å². The average molecular weight is 270 g/mol. The summed E-state index contributed by atoms with van der Waals surface area (Å²) in [5.41, 5.74) is 0. The molecule has 2 aromatic carbocycles. The molecule has 0 fully saturated rings. The Balaban J connectivity index is 2.39. The minimum absolute atomic E-state index is 0.250. The molecule has 3 nitrogen and oxygen atoms in total. The fraction of sp³-hybridized carbons (Fsp3) is 0.375. The van der Waals surface area contributed by atoms with Crippen molar-refractivity contribution < 1.29 is 24.9 Å². The minimum Gasteiger partial charge on any atom is -0.490 e. The number of hydrogen-bond acceptors (Lipinski definition) is 3. The Morgan fingerprint density at radius 3 is 3.00 bits per heavy atom. The molecule has 0 aromatic heterocycles. The van der Waals surface area contributed by atoms with Crippen LogP contribution in [-0.2, 0) is 0 Å². The highest BCUT2D eigenvalue weighted by molar-refractivity contribution is 5.88. The normalized spacial score (nSPS) is 24.8. The van der Waals surface area contributed by atoms with Crippen molar-refractivity contribution in [3.05, 3.63) is 42.3 Å². The van der Waals surface area contributed by atoms with E-state index in [-0.39, 0.29) is 23.1 Å². The SMILES string of the molecule is [2H]c1c([2H])c([2H])c2c(OCC(O)CNC([2H])(C)C([2H])([2H])[2H])c([2H])c([2H])c([2H])c2c1[2H]. The maximum atomic E-state index is 10.1. The molecule has 102 valence electrons. The number of rotatable bonds is 6. The third kappa shape index (κ3) is 3.94. The van der Waals surface area contributed by atoms with Crippen molar-refractivity contribution >= 4 is 10.8 Å². The summed E-state index contributed by atoms with van der Waals surface area (Å²) in [6, 6.07) is -6.02. The number of nitrogens with one attached hydrogen (secondary N) is 1. The summed E-state index contributed by atoms with van der Waals surface area (Å²) in [6.07, 6.45) is -1.33. The van der Waals surface area contributed by atoms with E-state index in [2.05, 4.69) is 5.32 Å². The Labute approximate surface area is 129 Å². The fourth-order valence-corrected chi connectivity index (χ4v) is 1.41. The minimum atomic E-state index is -2.65. The van der Waals surface area contributed by atoms with Gasteiger partial charge in [0.2, 0.25) is 0 Å². The first-order valence-corrected chi connectivity index (χ1v) is 5.67.